The second kappa shape index (κ2) is 9.72. The van der Waals surface area contributed by atoms with E-state index in [1.54, 1.807) is 44.6 Å². The number of methoxy groups -OCH3 is 2. The first kappa shape index (κ1) is 22.3. The molecule has 8 nitrogen and oxygen atoms in total. The predicted octanol–water partition coefficient (Wildman–Crippen LogP) is 3.24. The van der Waals surface area contributed by atoms with E-state index in [4.69, 9.17) is 9.47 Å². The first-order valence-corrected chi connectivity index (χ1v) is 10.6. The van der Waals surface area contributed by atoms with E-state index in [9.17, 15) is 14.0 Å². The third-order valence-corrected chi connectivity index (χ3v) is 5.61. The van der Waals surface area contributed by atoms with Crippen molar-refractivity contribution < 1.29 is 18.7 Å². The van der Waals surface area contributed by atoms with Crippen LogP contribution in [0.5, 0.6) is 11.5 Å². The molecule has 2 heterocycles. The highest BCUT2D eigenvalue weighted by molar-refractivity contribution is 5.93. The highest BCUT2D eigenvalue weighted by atomic mass is 19.1. The predicted molar refractivity (Wildman–Crippen MR) is 123 cm³/mol. The van der Waals surface area contributed by atoms with Crippen molar-refractivity contribution in [2.45, 2.75) is 12.8 Å². The molecule has 1 atom stereocenters. The molecule has 1 aliphatic heterocycles. The third-order valence-electron chi connectivity index (χ3n) is 5.61. The standard InChI is InChI=1S/C24H25FN4O4/c1-32-20-9-8-18(14-21(20)33-2)26-24(31)16-5-4-12-28(15-16)22-10-11-23(30)29(27-22)19-7-3-6-17(25)13-19/h3,6-11,13-14,16H,4-5,12,15H2,1-2H3,(H,26,31)/t16-/m0/s1. The number of aromatic nitrogens is 2. The van der Waals surface area contributed by atoms with Gasteiger partial charge in [-0.25, -0.2) is 4.39 Å². The van der Waals surface area contributed by atoms with Crippen molar-refractivity contribution in [3.63, 3.8) is 0 Å². The molecule has 1 fully saturated rings. The Kier molecular flexibility index (Phi) is 6.58. The Hall–Kier alpha value is -3.88. The zero-order valence-corrected chi connectivity index (χ0v) is 18.5. The van der Waals surface area contributed by atoms with Gasteiger partial charge in [-0.2, -0.15) is 4.68 Å². The fourth-order valence-corrected chi connectivity index (χ4v) is 3.92. The molecule has 0 bridgehead atoms. The summed E-state index contributed by atoms with van der Waals surface area (Å²) in [6.45, 7) is 1.15. The molecule has 0 saturated carbocycles. The molecular formula is C24H25FN4O4. The summed E-state index contributed by atoms with van der Waals surface area (Å²) < 4.78 is 25.3. The molecule has 3 aromatic rings. The number of amides is 1. The Morgan fingerprint density at radius 3 is 2.67 bits per heavy atom. The molecule has 0 spiro atoms. The van der Waals surface area contributed by atoms with Gasteiger partial charge in [-0.1, -0.05) is 6.07 Å². The van der Waals surface area contributed by atoms with Gasteiger partial charge in [0, 0.05) is 30.9 Å². The van der Waals surface area contributed by atoms with Crippen molar-refractivity contribution in [2.24, 2.45) is 5.92 Å². The highest BCUT2D eigenvalue weighted by Crippen LogP contribution is 2.30. The largest absolute Gasteiger partial charge is 0.493 e. The van der Waals surface area contributed by atoms with Gasteiger partial charge in [0.25, 0.3) is 5.56 Å². The van der Waals surface area contributed by atoms with Crippen molar-refractivity contribution in [1.82, 2.24) is 9.78 Å². The molecular weight excluding hydrogens is 427 g/mol. The number of ether oxygens (including phenoxy) is 2. The van der Waals surface area contributed by atoms with E-state index in [1.807, 2.05) is 4.90 Å². The lowest BCUT2D eigenvalue weighted by Crippen LogP contribution is -2.41. The van der Waals surface area contributed by atoms with Crippen LogP contribution in [-0.2, 0) is 4.79 Å². The number of hydrogen-bond donors (Lipinski definition) is 1. The minimum absolute atomic E-state index is 0.106. The van der Waals surface area contributed by atoms with Crippen LogP contribution in [-0.4, -0.2) is 43.0 Å². The van der Waals surface area contributed by atoms with Gasteiger partial charge in [0.05, 0.1) is 25.8 Å². The monoisotopic (exact) mass is 452 g/mol. The van der Waals surface area contributed by atoms with Gasteiger partial charge in [0.1, 0.15) is 11.6 Å². The Bertz CT molecular complexity index is 1210. The van der Waals surface area contributed by atoms with E-state index in [0.29, 0.717) is 41.8 Å². The number of piperidine rings is 1. The van der Waals surface area contributed by atoms with Gasteiger partial charge < -0.3 is 19.7 Å². The van der Waals surface area contributed by atoms with Gasteiger partial charge in [-0.05, 0) is 49.2 Å². The summed E-state index contributed by atoms with van der Waals surface area (Å²) in [7, 11) is 3.09. The Balaban J connectivity index is 1.50. The van der Waals surface area contributed by atoms with Crippen LogP contribution in [0.1, 0.15) is 12.8 Å². The van der Waals surface area contributed by atoms with Crippen LogP contribution in [0.15, 0.2) is 59.4 Å². The van der Waals surface area contributed by atoms with Crippen LogP contribution in [0.25, 0.3) is 5.69 Å². The Morgan fingerprint density at radius 2 is 1.91 bits per heavy atom. The lowest BCUT2D eigenvalue weighted by molar-refractivity contribution is -0.120. The fourth-order valence-electron chi connectivity index (χ4n) is 3.92. The average Bonchev–Trinajstić information content (AvgIpc) is 2.84. The topological polar surface area (TPSA) is 85.7 Å². The summed E-state index contributed by atoms with van der Waals surface area (Å²) in [6, 6.07) is 14.0. The molecule has 4 rings (SSSR count). The van der Waals surface area contributed by atoms with Crippen LogP contribution in [0, 0.1) is 11.7 Å². The zero-order chi connectivity index (χ0) is 23.4. The summed E-state index contributed by atoms with van der Waals surface area (Å²) >= 11 is 0. The van der Waals surface area contributed by atoms with Crippen LogP contribution < -0.4 is 25.2 Å². The maximum atomic E-state index is 13.6. The molecule has 2 aromatic carbocycles. The number of nitrogens with one attached hydrogen (secondary N) is 1. The molecule has 1 saturated heterocycles. The average molecular weight is 452 g/mol. The van der Waals surface area contributed by atoms with Crippen LogP contribution in [0.3, 0.4) is 0 Å². The highest BCUT2D eigenvalue weighted by Gasteiger charge is 2.27. The van der Waals surface area contributed by atoms with Gasteiger partial charge in [-0.3, -0.25) is 9.59 Å². The summed E-state index contributed by atoms with van der Waals surface area (Å²) in [5, 5.41) is 7.37. The SMILES string of the molecule is COc1ccc(NC(=O)[C@H]2CCCN(c3ccc(=O)n(-c4cccc(F)c4)n3)C2)cc1OC. The molecule has 172 valence electrons. The second-order valence-electron chi connectivity index (χ2n) is 7.77. The van der Waals surface area contributed by atoms with Crippen molar-refractivity contribution in [1.29, 1.82) is 0 Å². The van der Waals surface area contributed by atoms with E-state index in [2.05, 4.69) is 10.4 Å². The lowest BCUT2D eigenvalue weighted by Gasteiger charge is -2.33. The number of benzene rings is 2. The van der Waals surface area contributed by atoms with Gasteiger partial charge in [-0.15, -0.1) is 5.10 Å². The van der Waals surface area contributed by atoms with E-state index in [0.717, 1.165) is 12.8 Å². The van der Waals surface area contributed by atoms with E-state index in [1.165, 1.54) is 28.9 Å². The van der Waals surface area contributed by atoms with Crippen LogP contribution >= 0.6 is 0 Å². The normalized spacial score (nSPS) is 15.7. The first-order chi connectivity index (χ1) is 16.0. The Labute approximate surface area is 190 Å². The molecule has 1 amide bonds. The molecule has 1 N–H and O–H groups in total. The summed E-state index contributed by atoms with van der Waals surface area (Å²) in [5.41, 5.74) is 0.610. The molecule has 0 aliphatic carbocycles. The fraction of sp³-hybridized carbons (Fsp3) is 0.292. The zero-order valence-electron chi connectivity index (χ0n) is 18.5. The van der Waals surface area contributed by atoms with Crippen molar-refractivity contribution in [2.75, 3.05) is 37.5 Å². The maximum Gasteiger partial charge on any atom is 0.271 e. The Morgan fingerprint density at radius 1 is 1.09 bits per heavy atom. The van der Waals surface area contributed by atoms with E-state index < -0.39 is 5.82 Å². The lowest BCUT2D eigenvalue weighted by atomic mass is 9.97. The van der Waals surface area contributed by atoms with Crippen LogP contribution in [0.4, 0.5) is 15.9 Å². The summed E-state index contributed by atoms with van der Waals surface area (Å²) in [5.74, 6) is 0.857. The van der Waals surface area contributed by atoms with E-state index in [-0.39, 0.29) is 17.4 Å². The third kappa shape index (κ3) is 4.97. The number of carbonyl (C=O) groups excluding carboxylic acids is 1. The minimum atomic E-state index is -0.448. The smallest absolute Gasteiger partial charge is 0.271 e. The van der Waals surface area contributed by atoms with Gasteiger partial charge >= 0.3 is 0 Å². The molecule has 0 unspecified atom stereocenters. The number of carbonyl (C=O) groups is 1. The first-order valence-electron chi connectivity index (χ1n) is 10.6. The number of nitrogens with zero attached hydrogens (tertiary/aromatic N) is 3. The van der Waals surface area contributed by atoms with Crippen molar-refractivity contribution >= 4 is 17.4 Å². The number of hydrogen-bond acceptors (Lipinski definition) is 6. The van der Waals surface area contributed by atoms with Crippen molar-refractivity contribution in [3.05, 3.63) is 70.8 Å². The maximum absolute atomic E-state index is 13.6. The molecule has 1 aromatic heterocycles. The number of halogens is 1. The van der Waals surface area contributed by atoms with Gasteiger partial charge in [0.2, 0.25) is 5.91 Å². The van der Waals surface area contributed by atoms with Gasteiger partial charge in [0.15, 0.2) is 11.5 Å². The summed E-state index contributed by atoms with van der Waals surface area (Å²) in [4.78, 5) is 27.2. The molecule has 0 radical (unpaired) electrons. The van der Waals surface area contributed by atoms with Crippen LogP contribution in [0.2, 0.25) is 0 Å². The van der Waals surface area contributed by atoms with E-state index >= 15 is 0 Å². The molecule has 1 aliphatic rings. The second-order valence-corrected chi connectivity index (χ2v) is 7.77. The number of rotatable bonds is 6. The summed E-state index contributed by atoms with van der Waals surface area (Å²) in [6.07, 6.45) is 1.53. The quantitative estimate of drug-likeness (QED) is 0.618. The van der Waals surface area contributed by atoms with Crippen molar-refractivity contribution in [3.8, 4) is 17.2 Å². The number of anilines is 2. The molecule has 33 heavy (non-hydrogen) atoms. The molecule has 9 heteroatoms. The minimum Gasteiger partial charge on any atom is -0.493 e.